The van der Waals surface area contributed by atoms with E-state index in [2.05, 4.69) is 10.2 Å². The van der Waals surface area contributed by atoms with Crippen molar-refractivity contribution in [1.82, 2.24) is 0 Å². The van der Waals surface area contributed by atoms with Gasteiger partial charge in [0, 0.05) is 0 Å². The average Bonchev–Trinajstić information content (AvgIpc) is 2.41. The summed E-state index contributed by atoms with van der Waals surface area (Å²) >= 11 is 0. The lowest BCUT2D eigenvalue weighted by Crippen LogP contribution is -2.21. The molecule has 0 heterocycles. The van der Waals surface area contributed by atoms with Crippen LogP contribution in [0.5, 0.6) is 11.5 Å². The molecule has 0 unspecified atom stereocenters. The molecule has 0 aliphatic rings. The van der Waals surface area contributed by atoms with Crippen molar-refractivity contribution in [2.75, 3.05) is 6.61 Å². The van der Waals surface area contributed by atoms with E-state index in [4.69, 9.17) is 20.9 Å². The van der Waals surface area contributed by atoms with E-state index in [1.807, 2.05) is 6.92 Å². The Morgan fingerprint density at radius 2 is 2.05 bits per heavy atom. The summed E-state index contributed by atoms with van der Waals surface area (Å²) in [5.74, 6) is 0.161. The normalized spacial score (nSPS) is 10.7. The molecule has 0 fully saturated rings. The summed E-state index contributed by atoms with van der Waals surface area (Å²) in [5, 5.41) is 7.22. The van der Waals surface area contributed by atoms with Crippen LogP contribution < -0.4 is 20.9 Å². The van der Waals surface area contributed by atoms with Crippen molar-refractivity contribution in [3.63, 3.8) is 0 Å². The molecule has 0 saturated carbocycles. The molecule has 0 atom stereocenters. The van der Waals surface area contributed by atoms with Gasteiger partial charge in [0.25, 0.3) is 0 Å². The first kappa shape index (κ1) is 16.5. The lowest BCUT2D eigenvalue weighted by Gasteiger charge is -2.12. The van der Waals surface area contributed by atoms with Gasteiger partial charge < -0.3 is 20.9 Å². The minimum absolute atomic E-state index is 0.126. The van der Waals surface area contributed by atoms with E-state index in [0.717, 1.165) is 0 Å². The summed E-state index contributed by atoms with van der Waals surface area (Å²) in [4.78, 5) is 11.7. The van der Waals surface area contributed by atoms with Crippen LogP contribution in [-0.4, -0.2) is 24.8 Å². The topological polar surface area (TPSA) is 112 Å². The quantitative estimate of drug-likeness (QED) is 0.269. The van der Waals surface area contributed by atoms with E-state index in [0.29, 0.717) is 23.7 Å². The van der Waals surface area contributed by atoms with Crippen LogP contribution in [0.1, 0.15) is 26.3 Å². The number of nitrogens with zero attached hydrogens (tertiary/aromatic N) is 2. The van der Waals surface area contributed by atoms with Crippen LogP contribution in [0.25, 0.3) is 0 Å². The van der Waals surface area contributed by atoms with Crippen molar-refractivity contribution >= 4 is 18.1 Å². The maximum atomic E-state index is 11.7. The van der Waals surface area contributed by atoms with Gasteiger partial charge in [-0.2, -0.15) is 5.10 Å². The lowest BCUT2D eigenvalue weighted by molar-refractivity contribution is -0.137. The Morgan fingerprint density at radius 3 is 2.62 bits per heavy atom. The van der Waals surface area contributed by atoms with E-state index >= 15 is 0 Å². The van der Waals surface area contributed by atoms with Crippen LogP contribution in [0.3, 0.4) is 0 Å². The summed E-state index contributed by atoms with van der Waals surface area (Å²) in [5.41, 5.74) is 11.1. The number of benzene rings is 1. The summed E-state index contributed by atoms with van der Waals surface area (Å²) in [7, 11) is 0. The average molecular weight is 292 g/mol. The third-order valence-corrected chi connectivity index (χ3v) is 2.33. The predicted molar refractivity (Wildman–Crippen MR) is 81.5 cm³/mol. The summed E-state index contributed by atoms with van der Waals surface area (Å²) in [6.07, 6.45) is 1.47. The highest BCUT2D eigenvalue weighted by molar-refractivity contribution is 5.83. The first-order valence-corrected chi connectivity index (χ1v) is 6.54. The van der Waals surface area contributed by atoms with Gasteiger partial charge in [-0.1, -0.05) is 13.8 Å². The first-order valence-electron chi connectivity index (χ1n) is 6.54. The predicted octanol–water partition coefficient (Wildman–Crippen LogP) is 1.25. The molecule has 7 nitrogen and oxygen atoms in total. The fourth-order valence-electron chi connectivity index (χ4n) is 1.35. The highest BCUT2D eigenvalue weighted by Crippen LogP contribution is 2.28. The van der Waals surface area contributed by atoms with Gasteiger partial charge in [-0.05, 0) is 30.7 Å². The molecular formula is C14H20N4O3. The van der Waals surface area contributed by atoms with E-state index in [-0.39, 0.29) is 17.8 Å². The third kappa shape index (κ3) is 5.52. The van der Waals surface area contributed by atoms with Crippen LogP contribution in [-0.2, 0) is 4.79 Å². The fraction of sp³-hybridized carbons (Fsp3) is 0.357. The van der Waals surface area contributed by atoms with Crippen LogP contribution in [0, 0.1) is 5.92 Å². The molecule has 1 rings (SSSR count). The van der Waals surface area contributed by atoms with Crippen LogP contribution in [0.15, 0.2) is 28.4 Å². The molecule has 7 heteroatoms. The lowest BCUT2D eigenvalue weighted by atomic mass is 10.2. The van der Waals surface area contributed by atoms with Gasteiger partial charge in [0.1, 0.15) is 0 Å². The number of carbonyl (C=O) groups is 1. The van der Waals surface area contributed by atoms with Crippen LogP contribution in [0.4, 0.5) is 0 Å². The van der Waals surface area contributed by atoms with Crippen molar-refractivity contribution < 1.29 is 14.3 Å². The van der Waals surface area contributed by atoms with E-state index in [1.54, 1.807) is 32.0 Å². The highest BCUT2D eigenvalue weighted by atomic mass is 16.6. The Kier molecular flexibility index (Phi) is 6.19. The second kappa shape index (κ2) is 7.88. The van der Waals surface area contributed by atoms with Crippen LogP contribution >= 0.6 is 0 Å². The number of carbonyl (C=O) groups excluding carboxylic acids is 1. The Morgan fingerprint density at radius 1 is 1.33 bits per heavy atom. The Labute approximate surface area is 123 Å². The number of hydrogen-bond acceptors (Lipinski definition) is 5. The van der Waals surface area contributed by atoms with Gasteiger partial charge in [0.15, 0.2) is 11.5 Å². The molecule has 0 bridgehead atoms. The maximum Gasteiger partial charge on any atom is 0.313 e. The van der Waals surface area contributed by atoms with Gasteiger partial charge >= 0.3 is 5.97 Å². The number of nitrogens with two attached hydrogens (primary N) is 2. The van der Waals surface area contributed by atoms with Gasteiger partial charge in [-0.25, -0.2) is 0 Å². The highest BCUT2D eigenvalue weighted by Gasteiger charge is 2.13. The first-order chi connectivity index (χ1) is 9.93. The largest absolute Gasteiger partial charge is 0.490 e. The van der Waals surface area contributed by atoms with Crippen LogP contribution in [0.2, 0.25) is 0 Å². The van der Waals surface area contributed by atoms with Gasteiger partial charge in [-0.15, -0.1) is 5.10 Å². The minimum Gasteiger partial charge on any atom is -0.490 e. The summed E-state index contributed by atoms with van der Waals surface area (Å²) in [6, 6.07) is 5.05. The number of esters is 1. The molecule has 0 saturated heterocycles. The fourth-order valence-corrected chi connectivity index (χ4v) is 1.35. The Hall–Kier alpha value is -2.57. The second-order valence-electron chi connectivity index (χ2n) is 4.48. The number of rotatable bonds is 6. The molecule has 0 amide bonds. The summed E-state index contributed by atoms with van der Waals surface area (Å²) < 4.78 is 10.7. The molecular weight excluding hydrogens is 272 g/mol. The van der Waals surface area contributed by atoms with E-state index < -0.39 is 0 Å². The molecule has 0 aliphatic heterocycles. The van der Waals surface area contributed by atoms with Crippen molar-refractivity contribution in [3.8, 4) is 11.5 Å². The molecule has 21 heavy (non-hydrogen) atoms. The van der Waals surface area contributed by atoms with Crippen molar-refractivity contribution in [2.24, 2.45) is 27.6 Å². The second-order valence-corrected chi connectivity index (χ2v) is 4.48. The zero-order valence-electron chi connectivity index (χ0n) is 12.4. The standard InChI is InChI=1S/C14H20N4O3/c1-4-20-12-7-10(8-17-18-14(15)16)5-6-11(12)21-13(19)9(2)3/h5-9H,4H2,1-3H3,(H4,15,16,18). The van der Waals surface area contributed by atoms with E-state index in [1.165, 1.54) is 6.21 Å². The number of hydrogen-bond donors (Lipinski definition) is 2. The Bertz CT molecular complexity index is 549. The molecule has 1 aromatic carbocycles. The van der Waals surface area contributed by atoms with Crippen molar-refractivity contribution in [2.45, 2.75) is 20.8 Å². The van der Waals surface area contributed by atoms with Gasteiger partial charge in [0.2, 0.25) is 5.96 Å². The number of ether oxygens (including phenoxy) is 2. The third-order valence-electron chi connectivity index (χ3n) is 2.33. The molecule has 114 valence electrons. The zero-order valence-corrected chi connectivity index (χ0v) is 12.4. The van der Waals surface area contributed by atoms with Crippen molar-refractivity contribution in [3.05, 3.63) is 23.8 Å². The Balaban J connectivity index is 2.98. The summed E-state index contributed by atoms with van der Waals surface area (Å²) in [6.45, 7) is 5.81. The van der Waals surface area contributed by atoms with Crippen molar-refractivity contribution in [1.29, 1.82) is 0 Å². The van der Waals surface area contributed by atoms with E-state index in [9.17, 15) is 4.79 Å². The molecule has 4 N–H and O–H groups in total. The molecule has 0 spiro atoms. The molecule has 1 aromatic rings. The molecule has 0 aromatic heterocycles. The minimum atomic E-state index is -0.321. The monoisotopic (exact) mass is 292 g/mol. The number of guanidine groups is 1. The van der Waals surface area contributed by atoms with Gasteiger partial charge in [0.05, 0.1) is 18.7 Å². The molecule has 0 aliphatic carbocycles. The van der Waals surface area contributed by atoms with Gasteiger partial charge in [-0.3, -0.25) is 4.79 Å². The maximum absolute atomic E-state index is 11.7. The zero-order chi connectivity index (χ0) is 15.8. The SMILES string of the molecule is CCOc1cc(C=NN=C(N)N)ccc1OC(=O)C(C)C. The molecule has 0 radical (unpaired) electrons. The smallest absolute Gasteiger partial charge is 0.313 e.